The van der Waals surface area contributed by atoms with Crippen LogP contribution in [0.4, 0.5) is 0 Å². The summed E-state index contributed by atoms with van der Waals surface area (Å²) in [7, 11) is 0. The zero-order valence-electron chi connectivity index (χ0n) is 25.6. The molecule has 3 aromatic carbocycles. The second kappa shape index (κ2) is 13.3. The SMILES string of the molecule is C=CCN1CC(=O)N2[C@@H](CN([C@H](C)c3ccc(Cl)c4cccnc34)C(=O)[C@@H]2Cc2ccc(O)cc2)N1C(=O)CCc1ccccc1. The van der Waals surface area contributed by atoms with E-state index < -0.39 is 18.2 Å². The summed E-state index contributed by atoms with van der Waals surface area (Å²) in [6.45, 7) is 6.17. The van der Waals surface area contributed by atoms with E-state index in [1.807, 2.05) is 55.5 Å². The number of benzene rings is 3. The number of piperazine rings is 1. The summed E-state index contributed by atoms with van der Waals surface area (Å²) in [5.74, 6) is -0.490. The summed E-state index contributed by atoms with van der Waals surface area (Å²) in [5.41, 5.74) is 3.33. The number of hydrogen-bond donors (Lipinski definition) is 1. The Hall–Kier alpha value is -4.73. The van der Waals surface area contributed by atoms with Crippen LogP contribution in [0.3, 0.4) is 0 Å². The molecule has 46 heavy (non-hydrogen) atoms. The van der Waals surface area contributed by atoms with E-state index in [1.54, 1.807) is 62.4 Å². The molecule has 3 amide bonds. The molecule has 0 spiro atoms. The molecule has 4 aromatic rings. The molecule has 1 N–H and O–H groups in total. The predicted molar refractivity (Wildman–Crippen MR) is 176 cm³/mol. The lowest BCUT2D eigenvalue weighted by Gasteiger charge is -2.56. The van der Waals surface area contributed by atoms with Gasteiger partial charge in [0.05, 0.1) is 24.6 Å². The van der Waals surface area contributed by atoms with Crippen molar-refractivity contribution in [2.45, 2.75) is 44.4 Å². The number of phenolic OH excluding ortho intramolecular Hbond substituents is 1. The highest BCUT2D eigenvalue weighted by atomic mass is 35.5. The summed E-state index contributed by atoms with van der Waals surface area (Å²) in [6, 6.07) is 22.5. The Morgan fingerprint density at radius 2 is 1.80 bits per heavy atom. The number of amides is 3. The van der Waals surface area contributed by atoms with Crippen LogP contribution >= 0.6 is 11.6 Å². The van der Waals surface area contributed by atoms with Crippen molar-refractivity contribution in [1.82, 2.24) is 24.8 Å². The molecule has 3 heterocycles. The maximum absolute atomic E-state index is 14.5. The van der Waals surface area contributed by atoms with Crippen LogP contribution in [-0.4, -0.2) is 79.5 Å². The van der Waals surface area contributed by atoms with E-state index in [-0.39, 0.29) is 49.4 Å². The first kappa shape index (κ1) is 31.3. The number of hydrogen-bond acceptors (Lipinski definition) is 6. The molecule has 0 saturated carbocycles. The molecule has 0 unspecified atom stereocenters. The topological polar surface area (TPSA) is 97.3 Å². The standard InChI is InChI=1S/C36H36ClN5O4/c1-3-20-39-23-34(45)41-31(21-26-11-14-27(43)15-12-26)36(46)40(24(2)28-16-17-30(37)29-10-7-19-38-35(28)29)22-32(41)42(39)33(44)18-13-25-8-5-4-6-9-25/h3-12,14-17,19,24,31-32,43H,1,13,18,20-23H2,2H3/t24-,31+,32-/m1/s1. The Morgan fingerprint density at radius 3 is 2.54 bits per heavy atom. The minimum atomic E-state index is -0.875. The van der Waals surface area contributed by atoms with Gasteiger partial charge in [-0.05, 0) is 54.8 Å². The van der Waals surface area contributed by atoms with Crippen LogP contribution in [0.5, 0.6) is 5.75 Å². The van der Waals surface area contributed by atoms with Gasteiger partial charge >= 0.3 is 0 Å². The Bertz CT molecular complexity index is 1770. The van der Waals surface area contributed by atoms with Gasteiger partial charge < -0.3 is 14.9 Å². The number of phenols is 1. The predicted octanol–water partition coefficient (Wildman–Crippen LogP) is 5.14. The Kier molecular flexibility index (Phi) is 9.05. The van der Waals surface area contributed by atoms with Crippen LogP contribution in [0.1, 0.15) is 36.1 Å². The van der Waals surface area contributed by atoms with E-state index in [2.05, 4.69) is 11.6 Å². The van der Waals surface area contributed by atoms with E-state index >= 15 is 0 Å². The molecule has 2 saturated heterocycles. The average molecular weight is 638 g/mol. The molecule has 10 heteroatoms. The van der Waals surface area contributed by atoms with Crippen molar-refractivity contribution in [2.75, 3.05) is 19.6 Å². The zero-order chi connectivity index (χ0) is 32.4. The van der Waals surface area contributed by atoms with Gasteiger partial charge in [0, 0.05) is 41.6 Å². The van der Waals surface area contributed by atoms with Gasteiger partial charge in [-0.2, -0.15) is 0 Å². The van der Waals surface area contributed by atoms with E-state index in [0.717, 1.165) is 22.1 Å². The summed E-state index contributed by atoms with van der Waals surface area (Å²) in [4.78, 5) is 50.5. The first-order valence-corrected chi connectivity index (χ1v) is 15.8. The molecular weight excluding hydrogens is 602 g/mol. The molecule has 2 fully saturated rings. The number of pyridine rings is 1. The van der Waals surface area contributed by atoms with Crippen LogP contribution in [-0.2, 0) is 27.2 Å². The molecule has 2 aliphatic rings. The van der Waals surface area contributed by atoms with Crippen molar-refractivity contribution >= 4 is 40.2 Å². The lowest BCUT2D eigenvalue weighted by atomic mass is 9.95. The quantitative estimate of drug-likeness (QED) is 0.255. The zero-order valence-corrected chi connectivity index (χ0v) is 26.4. The van der Waals surface area contributed by atoms with Crippen molar-refractivity contribution in [3.05, 3.63) is 119 Å². The van der Waals surface area contributed by atoms with Gasteiger partial charge in [0.2, 0.25) is 17.7 Å². The van der Waals surface area contributed by atoms with Crippen LogP contribution in [0.25, 0.3) is 10.9 Å². The van der Waals surface area contributed by atoms with E-state index in [4.69, 9.17) is 11.6 Å². The Morgan fingerprint density at radius 1 is 1.04 bits per heavy atom. The first-order chi connectivity index (χ1) is 22.3. The number of rotatable bonds is 9. The van der Waals surface area contributed by atoms with Crippen molar-refractivity contribution in [1.29, 1.82) is 0 Å². The average Bonchev–Trinajstić information content (AvgIpc) is 3.06. The minimum absolute atomic E-state index is 0.0553. The number of aryl methyl sites for hydroxylation is 1. The van der Waals surface area contributed by atoms with Gasteiger partial charge in [-0.3, -0.25) is 19.4 Å². The molecule has 236 valence electrons. The smallest absolute Gasteiger partial charge is 0.246 e. The number of fused-ring (bicyclic) bond motifs is 2. The monoisotopic (exact) mass is 637 g/mol. The van der Waals surface area contributed by atoms with Gasteiger partial charge in [0.25, 0.3) is 0 Å². The molecule has 6 rings (SSSR count). The van der Waals surface area contributed by atoms with E-state index in [0.29, 0.717) is 23.5 Å². The van der Waals surface area contributed by atoms with Crippen molar-refractivity contribution in [2.24, 2.45) is 0 Å². The van der Waals surface area contributed by atoms with Crippen LogP contribution in [0.2, 0.25) is 5.02 Å². The molecule has 0 bridgehead atoms. The van der Waals surface area contributed by atoms with Crippen molar-refractivity contribution in [3.8, 4) is 5.75 Å². The van der Waals surface area contributed by atoms with Gasteiger partial charge in [-0.1, -0.05) is 66.2 Å². The number of aromatic nitrogens is 1. The fourth-order valence-electron chi connectivity index (χ4n) is 6.60. The van der Waals surface area contributed by atoms with Crippen molar-refractivity contribution in [3.63, 3.8) is 0 Å². The highest BCUT2D eigenvalue weighted by molar-refractivity contribution is 6.35. The fraction of sp³-hybridized carbons (Fsp3) is 0.278. The maximum Gasteiger partial charge on any atom is 0.246 e. The minimum Gasteiger partial charge on any atom is -0.508 e. The van der Waals surface area contributed by atoms with Gasteiger partial charge in [-0.15, -0.1) is 6.58 Å². The van der Waals surface area contributed by atoms with E-state index in [9.17, 15) is 19.5 Å². The number of nitrogens with zero attached hydrogens (tertiary/aromatic N) is 5. The lowest BCUT2D eigenvalue weighted by Crippen LogP contribution is -2.76. The highest BCUT2D eigenvalue weighted by Gasteiger charge is 2.52. The second-order valence-electron chi connectivity index (χ2n) is 11.7. The summed E-state index contributed by atoms with van der Waals surface area (Å²) in [6.07, 6.45) is 3.62. The molecule has 3 atom stereocenters. The number of aromatic hydroxyl groups is 1. The fourth-order valence-corrected chi connectivity index (χ4v) is 6.82. The Labute approximate surface area is 273 Å². The molecule has 1 aromatic heterocycles. The normalized spacial score (nSPS) is 19.3. The van der Waals surface area contributed by atoms with Crippen molar-refractivity contribution < 1.29 is 19.5 Å². The number of carbonyl (C=O) groups is 3. The number of hydrazine groups is 1. The molecule has 0 radical (unpaired) electrons. The molecular formula is C36H36ClN5O4. The van der Waals surface area contributed by atoms with Gasteiger partial charge in [0.15, 0.2) is 0 Å². The van der Waals surface area contributed by atoms with Crippen LogP contribution < -0.4 is 0 Å². The number of halogens is 1. The molecule has 0 aliphatic carbocycles. The van der Waals surface area contributed by atoms with Crippen LogP contribution in [0, 0.1) is 0 Å². The van der Waals surface area contributed by atoms with Gasteiger partial charge in [0.1, 0.15) is 18.0 Å². The maximum atomic E-state index is 14.5. The highest BCUT2D eigenvalue weighted by Crippen LogP contribution is 2.36. The molecule has 2 aliphatic heterocycles. The van der Waals surface area contributed by atoms with Gasteiger partial charge in [-0.25, -0.2) is 10.0 Å². The molecule has 9 nitrogen and oxygen atoms in total. The van der Waals surface area contributed by atoms with Crippen LogP contribution in [0.15, 0.2) is 97.7 Å². The number of carbonyl (C=O) groups excluding carboxylic acids is 3. The first-order valence-electron chi connectivity index (χ1n) is 15.4. The second-order valence-corrected chi connectivity index (χ2v) is 12.1. The summed E-state index contributed by atoms with van der Waals surface area (Å²) in [5, 5.41) is 14.6. The van der Waals surface area contributed by atoms with E-state index in [1.165, 1.54) is 0 Å². The summed E-state index contributed by atoms with van der Waals surface area (Å²) < 4.78 is 0. The third kappa shape index (κ3) is 6.08. The Balaban J connectivity index is 1.41. The summed E-state index contributed by atoms with van der Waals surface area (Å²) >= 11 is 6.51. The third-order valence-corrected chi connectivity index (χ3v) is 9.20. The third-order valence-electron chi connectivity index (χ3n) is 8.87. The lowest BCUT2D eigenvalue weighted by molar-refractivity contribution is -0.206. The largest absolute Gasteiger partial charge is 0.508 e.